The molecular weight excluding hydrogens is 254 g/mol. The fourth-order valence-corrected chi connectivity index (χ4v) is 2.26. The topological polar surface area (TPSA) is 12.9 Å². The number of unbranched alkanes of at least 4 members (excludes halogenated alkanes) is 4. The molecule has 2 aromatic rings. The van der Waals surface area contributed by atoms with E-state index in [-0.39, 0.29) is 0 Å². The maximum atomic E-state index is 4.02. The molecule has 0 radical (unpaired) electrons. The lowest BCUT2D eigenvalue weighted by molar-refractivity contribution is 0.656. The summed E-state index contributed by atoms with van der Waals surface area (Å²) in [5, 5.41) is 0. The Kier molecular flexibility index (Phi) is 9.19. The van der Waals surface area contributed by atoms with E-state index >= 15 is 0 Å². The number of hydrogen-bond acceptors (Lipinski definition) is 1. The van der Waals surface area contributed by atoms with Gasteiger partial charge in [0.05, 0.1) is 0 Å². The molecule has 1 heteroatoms. The number of nitrogens with zero attached hydrogens (tertiary/aromatic N) is 1. The third-order valence-electron chi connectivity index (χ3n) is 3.71. The average Bonchev–Trinajstić information content (AvgIpc) is 2.57. The smallest absolute Gasteiger partial charge is 0.0270 e. The van der Waals surface area contributed by atoms with Crippen molar-refractivity contribution in [2.75, 3.05) is 0 Å². The summed E-state index contributed by atoms with van der Waals surface area (Å²) >= 11 is 0. The van der Waals surface area contributed by atoms with E-state index in [1.54, 1.807) is 0 Å². The average molecular weight is 283 g/mol. The van der Waals surface area contributed by atoms with Crippen LogP contribution in [0.15, 0.2) is 54.9 Å². The highest BCUT2D eigenvalue weighted by Crippen LogP contribution is 2.22. The molecule has 2 rings (SSSR count). The van der Waals surface area contributed by atoms with Gasteiger partial charge in [-0.1, -0.05) is 83.2 Å². The van der Waals surface area contributed by atoms with Crippen molar-refractivity contribution in [2.45, 2.75) is 58.8 Å². The minimum absolute atomic E-state index is 0.444. The molecule has 21 heavy (non-hydrogen) atoms. The minimum atomic E-state index is 0.444. The molecule has 0 fully saturated rings. The zero-order valence-electron chi connectivity index (χ0n) is 13.8. The van der Waals surface area contributed by atoms with Crippen LogP contribution in [0.4, 0.5) is 0 Å². The molecule has 0 amide bonds. The quantitative estimate of drug-likeness (QED) is 0.574. The van der Waals surface area contributed by atoms with Crippen molar-refractivity contribution < 1.29 is 0 Å². The third-order valence-corrected chi connectivity index (χ3v) is 3.71. The predicted molar refractivity (Wildman–Crippen MR) is 92.6 cm³/mol. The van der Waals surface area contributed by atoms with Gasteiger partial charge in [0.2, 0.25) is 0 Å². The van der Waals surface area contributed by atoms with E-state index in [9.17, 15) is 0 Å². The second-order valence-electron chi connectivity index (χ2n) is 5.47. The van der Waals surface area contributed by atoms with E-state index in [4.69, 9.17) is 0 Å². The molecule has 1 unspecified atom stereocenters. The van der Waals surface area contributed by atoms with Crippen molar-refractivity contribution >= 4 is 0 Å². The van der Waals surface area contributed by atoms with E-state index in [0.717, 1.165) is 0 Å². The van der Waals surface area contributed by atoms with Gasteiger partial charge >= 0.3 is 0 Å². The normalized spacial score (nSPS) is 11.4. The molecule has 0 aliphatic heterocycles. The van der Waals surface area contributed by atoms with Crippen molar-refractivity contribution in [3.63, 3.8) is 0 Å². The Morgan fingerprint density at radius 1 is 0.762 bits per heavy atom. The van der Waals surface area contributed by atoms with Crippen molar-refractivity contribution in [3.8, 4) is 0 Å². The van der Waals surface area contributed by atoms with Crippen LogP contribution in [0, 0.1) is 0 Å². The molecule has 1 aromatic carbocycles. The summed E-state index contributed by atoms with van der Waals surface area (Å²) in [6.45, 7) is 6.70. The zero-order chi connectivity index (χ0) is 15.3. The number of rotatable bonds is 6. The highest BCUT2D eigenvalue weighted by atomic mass is 14.6. The third kappa shape index (κ3) is 7.08. The summed E-state index contributed by atoms with van der Waals surface area (Å²) in [5.74, 6) is 0.444. The Morgan fingerprint density at radius 3 is 1.81 bits per heavy atom. The minimum Gasteiger partial charge on any atom is -0.265 e. The molecule has 0 spiro atoms. The zero-order valence-corrected chi connectivity index (χ0v) is 13.8. The van der Waals surface area contributed by atoms with E-state index in [1.807, 2.05) is 18.5 Å². The molecule has 0 saturated carbocycles. The molecule has 1 nitrogen and oxygen atoms in total. The molecule has 0 aliphatic carbocycles. The first kappa shape index (κ1) is 17.4. The monoisotopic (exact) mass is 283 g/mol. The Labute approximate surface area is 130 Å². The fraction of sp³-hybridized carbons (Fsp3) is 0.450. The van der Waals surface area contributed by atoms with Gasteiger partial charge < -0.3 is 0 Å². The molecule has 1 heterocycles. The van der Waals surface area contributed by atoms with E-state index in [2.05, 4.69) is 62.2 Å². The van der Waals surface area contributed by atoms with Gasteiger partial charge in [0.25, 0.3) is 0 Å². The lowest BCUT2D eigenvalue weighted by Gasteiger charge is -2.11. The largest absolute Gasteiger partial charge is 0.265 e. The summed E-state index contributed by atoms with van der Waals surface area (Å²) < 4.78 is 0. The van der Waals surface area contributed by atoms with Crippen LogP contribution in [-0.2, 0) is 0 Å². The maximum Gasteiger partial charge on any atom is 0.0270 e. The molecule has 0 N–H and O–H groups in total. The fourth-order valence-electron chi connectivity index (χ4n) is 2.26. The number of benzene rings is 1. The lowest BCUT2D eigenvalue weighted by atomic mass is 9.94. The van der Waals surface area contributed by atoms with Gasteiger partial charge in [-0.05, 0) is 23.3 Å². The molecule has 0 aliphatic rings. The first-order valence-corrected chi connectivity index (χ1v) is 8.24. The van der Waals surface area contributed by atoms with Gasteiger partial charge in [-0.25, -0.2) is 0 Å². The number of aromatic nitrogens is 1. The second-order valence-corrected chi connectivity index (χ2v) is 5.47. The van der Waals surface area contributed by atoms with Crippen LogP contribution >= 0.6 is 0 Å². The Bertz CT molecular complexity index is 406. The van der Waals surface area contributed by atoms with Crippen molar-refractivity contribution in [1.29, 1.82) is 0 Å². The van der Waals surface area contributed by atoms with Crippen LogP contribution in [0.3, 0.4) is 0 Å². The summed E-state index contributed by atoms with van der Waals surface area (Å²) in [7, 11) is 0. The summed E-state index contributed by atoms with van der Waals surface area (Å²) in [6.07, 6.45) is 10.7. The van der Waals surface area contributed by atoms with Gasteiger partial charge in [0, 0.05) is 18.3 Å². The van der Waals surface area contributed by atoms with Gasteiger partial charge in [-0.2, -0.15) is 0 Å². The van der Waals surface area contributed by atoms with Crippen LogP contribution in [-0.4, -0.2) is 4.98 Å². The molecule has 1 aromatic heterocycles. The maximum absolute atomic E-state index is 4.02. The van der Waals surface area contributed by atoms with Gasteiger partial charge in [-0.3, -0.25) is 4.98 Å². The second kappa shape index (κ2) is 11.1. The number of hydrogen-bond donors (Lipinski definition) is 0. The Hall–Kier alpha value is -1.63. The molecule has 0 bridgehead atoms. The molecular formula is C20H29N. The van der Waals surface area contributed by atoms with Crippen LogP contribution in [0.1, 0.15) is 69.9 Å². The van der Waals surface area contributed by atoms with Crippen LogP contribution < -0.4 is 0 Å². The molecule has 1 atom stereocenters. The van der Waals surface area contributed by atoms with Gasteiger partial charge in [0.1, 0.15) is 0 Å². The van der Waals surface area contributed by atoms with Crippen LogP contribution in [0.2, 0.25) is 0 Å². The molecule has 114 valence electrons. The van der Waals surface area contributed by atoms with Crippen LogP contribution in [0.5, 0.6) is 0 Å². The van der Waals surface area contributed by atoms with Gasteiger partial charge in [-0.15, -0.1) is 0 Å². The van der Waals surface area contributed by atoms with Gasteiger partial charge in [0.15, 0.2) is 0 Å². The Morgan fingerprint density at radius 2 is 1.29 bits per heavy atom. The van der Waals surface area contributed by atoms with Crippen molar-refractivity contribution in [1.82, 2.24) is 4.98 Å². The Balaban J connectivity index is 0.000000270. The summed E-state index contributed by atoms with van der Waals surface area (Å²) in [6, 6.07) is 14.6. The summed E-state index contributed by atoms with van der Waals surface area (Å²) in [4.78, 5) is 4.02. The highest BCUT2D eigenvalue weighted by Gasteiger charge is 2.06. The first-order chi connectivity index (χ1) is 10.3. The molecule has 0 saturated heterocycles. The first-order valence-electron chi connectivity index (χ1n) is 8.24. The SMILES string of the molecule is CC(c1ccccc1)c1ccncc1.CCCCCCC. The van der Waals surface area contributed by atoms with E-state index < -0.39 is 0 Å². The standard InChI is InChI=1S/C13H13N.C7H16/c1-11(12-5-3-2-4-6-12)13-7-9-14-10-8-13;1-3-5-7-6-4-2/h2-11H,1H3;3-7H2,1-2H3. The summed E-state index contributed by atoms with van der Waals surface area (Å²) in [5.41, 5.74) is 2.66. The van der Waals surface area contributed by atoms with Crippen molar-refractivity contribution in [3.05, 3.63) is 66.0 Å². The van der Waals surface area contributed by atoms with E-state index in [0.29, 0.717) is 5.92 Å². The predicted octanol–water partition coefficient (Wildman–Crippen LogP) is 6.21. The highest BCUT2D eigenvalue weighted by molar-refractivity contribution is 5.29. The van der Waals surface area contributed by atoms with Crippen LogP contribution in [0.25, 0.3) is 0 Å². The van der Waals surface area contributed by atoms with E-state index in [1.165, 1.54) is 43.2 Å². The van der Waals surface area contributed by atoms with Crippen molar-refractivity contribution in [2.24, 2.45) is 0 Å². The number of pyridine rings is 1. The lowest BCUT2D eigenvalue weighted by Crippen LogP contribution is -1.95.